The smallest absolute Gasteiger partial charge is 0.323 e. The summed E-state index contributed by atoms with van der Waals surface area (Å²) in [5.74, 6) is -1.05. The number of benzene rings is 1. The monoisotopic (exact) mass is 293 g/mol. The zero-order valence-electron chi connectivity index (χ0n) is 11.4. The van der Waals surface area contributed by atoms with Crippen LogP contribution in [-0.2, 0) is 0 Å². The number of urea groups is 1. The molecule has 1 aromatic heterocycles. The fraction of sp³-hybridized carbons (Fsp3) is 0.154. The third-order valence-corrected chi connectivity index (χ3v) is 2.42. The predicted molar refractivity (Wildman–Crippen MR) is 75.4 cm³/mol. The number of nitrogens with one attached hydrogen (secondary N) is 2. The Balaban J connectivity index is 2.01. The van der Waals surface area contributed by atoms with Gasteiger partial charge in [0.2, 0.25) is 5.95 Å². The quantitative estimate of drug-likeness (QED) is 0.912. The standard InChI is InChI=1S/C13H13F2N5O/c1-20(2)12-16-6-11(7-17-12)19-13(21)18-10-4-8(14)3-9(15)5-10/h3-7H,1-2H3,(H2,18,19,21). The van der Waals surface area contributed by atoms with Gasteiger partial charge in [0.15, 0.2) is 0 Å². The molecule has 1 aromatic carbocycles. The number of nitrogens with zero attached hydrogens (tertiary/aromatic N) is 3. The van der Waals surface area contributed by atoms with E-state index in [1.54, 1.807) is 19.0 Å². The van der Waals surface area contributed by atoms with Crippen molar-refractivity contribution in [2.45, 2.75) is 0 Å². The largest absolute Gasteiger partial charge is 0.347 e. The second-order valence-corrected chi connectivity index (χ2v) is 4.40. The minimum atomic E-state index is -0.774. The molecule has 2 amide bonds. The van der Waals surface area contributed by atoms with E-state index in [4.69, 9.17) is 0 Å². The van der Waals surface area contributed by atoms with Gasteiger partial charge in [-0.05, 0) is 12.1 Å². The maximum atomic E-state index is 13.0. The van der Waals surface area contributed by atoms with Crippen LogP contribution in [0.25, 0.3) is 0 Å². The molecule has 8 heteroatoms. The number of anilines is 3. The van der Waals surface area contributed by atoms with E-state index in [1.165, 1.54) is 12.4 Å². The molecule has 0 fully saturated rings. The fourth-order valence-corrected chi connectivity index (χ4v) is 1.54. The minimum absolute atomic E-state index is 0.0100. The van der Waals surface area contributed by atoms with Crippen LogP contribution in [0.15, 0.2) is 30.6 Å². The van der Waals surface area contributed by atoms with Gasteiger partial charge in [-0.2, -0.15) is 0 Å². The van der Waals surface area contributed by atoms with E-state index < -0.39 is 17.7 Å². The van der Waals surface area contributed by atoms with Crippen LogP contribution < -0.4 is 15.5 Å². The number of hydrogen-bond donors (Lipinski definition) is 2. The number of rotatable bonds is 3. The summed E-state index contributed by atoms with van der Waals surface area (Å²) >= 11 is 0. The van der Waals surface area contributed by atoms with E-state index in [0.717, 1.165) is 18.2 Å². The van der Waals surface area contributed by atoms with Crippen LogP contribution in [0, 0.1) is 11.6 Å². The molecule has 0 aliphatic rings. The second-order valence-electron chi connectivity index (χ2n) is 4.40. The summed E-state index contributed by atoms with van der Waals surface area (Å²) in [6.07, 6.45) is 2.85. The average molecular weight is 293 g/mol. The highest BCUT2D eigenvalue weighted by atomic mass is 19.1. The Morgan fingerprint density at radius 1 is 1.00 bits per heavy atom. The van der Waals surface area contributed by atoms with Crippen molar-refractivity contribution < 1.29 is 13.6 Å². The van der Waals surface area contributed by atoms with Gasteiger partial charge in [0.25, 0.3) is 0 Å². The lowest BCUT2D eigenvalue weighted by Crippen LogP contribution is -2.20. The predicted octanol–water partition coefficient (Wildman–Crippen LogP) is 2.46. The first-order valence-corrected chi connectivity index (χ1v) is 5.97. The maximum absolute atomic E-state index is 13.0. The summed E-state index contributed by atoms with van der Waals surface area (Å²) in [4.78, 5) is 21.4. The molecule has 0 spiro atoms. The average Bonchev–Trinajstić information content (AvgIpc) is 2.37. The molecule has 1 heterocycles. The van der Waals surface area contributed by atoms with Crippen molar-refractivity contribution in [3.05, 3.63) is 42.2 Å². The van der Waals surface area contributed by atoms with E-state index in [2.05, 4.69) is 20.6 Å². The van der Waals surface area contributed by atoms with Gasteiger partial charge in [-0.15, -0.1) is 0 Å². The van der Waals surface area contributed by atoms with Crippen LogP contribution in [0.1, 0.15) is 0 Å². The van der Waals surface area contributed by atoms with Crippen molar-refractivity contribution in [3.63, 3.8) is 0 Å². The van der Waals surface area contributed by atoms with Gasteiger partial charge in [-0.25, -0.2) is 23.5 Å². The molecule has 21 heavy (non-hydrogen) atoms. The molecule has 0 aliphatic heterocycles. The van der Waals surface area contributed by atoms with Gasteiger partial charge in [-0.3, -0.25) is 0 Å². The zero-order chi connectivity index (χ0) is 15.4. The van der Waals surface area contributed by atoms with E-state index >= 15 is 0 Å². The zero-order valence-corrected chi connectivity index (χ0v) is 11.4. The van der Waals surface area contributed by atoms with Crippen LogP contribution in [0.3, 0.4) is 0 Å². The number of amides is 2. The molecular weight excluding hydrogens is 280 g/mol. The lowest BCUT2D eigenvalue weighted by Gasteiger charge is -2.11. The molecule has 2 aromatic rings. The van der Waals surface area contributed by atoms with Gasteiger partial charge in [0.1, 0.15) is 11.6 Å². The Morgan fingerprint density at radius 2 is 1.52 bits per heavy atom. The van der Waals surface area contributed by atoms with Crippen molar-refractivity contribution in [1.82, 2.24) is 9.97 Å². The lowest BCUT2D eigenvalue weighted by atomic mass is 10.3. The molecule has 110 valence electrons. The van der Waals surface area contributed by atoms with E-state index in [9.17, 15) is 13.6 Å². The SMILES string of the molecule is CN(C)c1ncc(NC(=O)Nc2cc(F)cc(F)c2)cn1. The van der Waals surface area contributed by atoms with Gasteiger partial charge in [-0.1, -0.05) is 0 Å². The summed E-state index contributed by atoms with van der Waals surface area (Å²) in [5.41, 5.74) is 0.366. The number of aromatic nitrogens is 2. The van der Waals surface area contributed by atoms with Gasteiger partial charge in [0, 0.05) is 25.8 Å². The summed E-state index contributed by atoms with van der Waals surface area (Å²) in [7, 11) is 3.57. The summed E-state index contributed by atoms with van der Waals surface area (Å²) in [5, 5.41) is 4.77. The Bertz CT molecular complexity index is 625. The number of carbonyl (C=O) groups excluding carboxylic acids is 1. The van der Waals surface area contributed by atoms with Crippen LogP contribution >= 0.6 is 0 Å². The Morgan fingerprint density at radius 3 is 2.05 bits per heavy atom. The van der Waals surface area contributed by atoms with Crippen molar-refractivity contribution >= 4 is 23.4 Å². The molecule has 0 aliphatic carbocycles. The van der Waals surface area contributed by atoms with Crippen molar-refractivity contribution in [3.8, 4) is 0 Å². The van der Waals surface area contributed by atoms with Crippen molar-refractivity contribution in [1.29, 1.82) is 0 Å². The van der Waals surface area contributed by atoms with Crippen molar-refractivity contribution in [2.75, 3.05) is 29.6 Å². The second kappa shape index (κ2) is 6.12. The molecule has 0 saturated heterocycles. The highest BCUT2D eigenvalue weighted by molar-refractivity contribution is 5.99. The number of carbonyl (C=O) groups is 1. The highest BCUT2D eigenvalue weighted by Crippen LogP contribution is 2.14. The first-order chi connectivity index (χ1) is 9.94. The maximum Gasteiger partial charge on any atom is 0.323 e. The summed E-state index contributed by atoms with van der Waals surface area (Å²) in [6.45, 7) is 0. The van der Waals surface area contributed by atoms with Crippen molar-refractivity contribution in [2.24, 2.45) is 0 Å². The molecule has 0 atom stereocenters. The molecule has 0 saturated carbocycles. The van der Waals surface area contributed by atoms with Crippen LogP contribution in [0.4, 0.5) is 30.9 Å². The topological polar surface area (TPSA) is 70.2 Å². The lowest BCUT2D eigenvalue weighted by molar-refractivity contribution is 0.262. The van der Waals surface area contributed by atoms with E-state index in [0.29, 0.717) is 11.6 Å². The number of hydrogen-bond acceptors (Lipinski definition) is 4. The summed E-state index contributed by atoms with van der Waals surface area (Å²) < 4.78 is 26.0. The minimum Gasteiger partial charge on any atom is -0.347 e. The van der Waals surface area contributed by atoms with E-state index in [-0.39, 0.29) is 5.69 Å². The van der Waals surface area contributed by atoms with Gasteiger partial charge < -0.3 is 15.5 Å². The molecule has 0 radical (unpaired) electrons. The fourth-order valence-electron chi connectivity index (χ4n) is 1.54. The van der Waals surface area contributed by atoms with Crippen LogP contribution in [0.2, 0.25) is 0 Å². The molecule has 0 unspecified atom stereocenters. The van der Waals surface area contributed by atoms with Crippen LogP contribution in [0.5, 0.6) is 0 Å². The van der Waals surface area contributed by atoms with Gasteiger partial charge >= 0.3 is 6.03 Å². The third-order valence-electron chi connectivity index (χ3n) is 2.42. The Hall–Kier alpha value is -2.77. The normalized spacial score (nSPS) is 10.1. The molecule has 2 rings (SSSR count). The first kappa shape index (κ1) is 14.6. The number of halogens is 2. The molecular formula is C13H13F2N5O. The Labute approximate surface area is 119 Å². The van der Waals surface area contributed by atoms with Gasteiger partial charge in [0.05, 0.1) is 18.1 Å². The molecule has 0 bridgehead atoms. The molecule has 2 N–H and O–H groups in total. The highest BCUT2D eigenvalue weighted by Gasteiger charge is 2.07. The third kappa shape index (κ3) is 4.10. The molecule has 6 nitrogen and oxygen atoms in total. The van der Waals surface area contributed by atoms with Crippen LogP contribution in [-0.4, -0.2) is 30.1 Å². The first-order valence-electron chi connectivity index (χ1n) is 5.97. The summed E-state index contributed by atoms with van der Waals surface area (Å²) in [6, 6.07) is 2.08. The Kier molecular flexibility index (Phi) is 4.27. The van der Waals surface area contributed by atoms with E-state index in [1.807, 2.05) is 0 Å².